The van der Waals surface area contributed by atoms with E-state index in [9.17, 15) is 4.79 Å². The molecule has 1 N–H and O–H groups in total. The van der Waals surface area contributed by atoms with Crippen LogP contribution < -0.4 is 0 Å². The monoisotopic (exact) mass is 232 g/mol. The highest BCUT2D eigenvalue weighted by molar-refractivity contribution is 5.67. The maximum Gasteiger partial charge on any atom is 0.329 e. The molecule has 96 valence electrons. The summed E-state index contributed by atoms with van der Waals surface area (Å²) in [7, 11) is 0. The summed E-state index contributed by atoms with van der Waals surface area (Å²) < 4.78 is 10.2. The van der Waals surface area contributed by atoms with Crippen molar-refractivity contribution in [3.63, 3.8) is 0 Å². The molecule has 0 aliphatic carbocycles. The number of hydrogen-bond acceptors (Lipinski definition) is 3. The molecule has 0 aliphatic heterocycles. The smallest absolute Gasteiger partial charge is 0.329 e. The first-order chi connectivity index (χ1) is 7.77. The number of aliphatic carboxylic acids is 1. The van der Waals surface area contributed by atoms with Gasteiger partial charge in [0.2, 0.25) is 0 Å². The van der Waals surface area contributed by atoms with Gasteiger partial charge >= 0.3 is 5.97 Å². The molecule has 0 rings (SSSR count). The fourth-order valence-electron chi connectivity index (χ4n) is 1.42. The lowest BCUT2D eigenvalue weighted by Crippen LogP contribution is -2.07. The Morgan fingerprint density at radius 2 is 1.44 bits per heavy atom. The SMILES string of the molecule is CCOCCCCCCCCOCC(=O)O. The van der Waals surface area contributed by atoms with Crippen molar-refractivity contribution in [1.82, 2.24) is 0 Å². The molecule has 0 saturated heterocycles. The maximum atomic E-state index is 10.1. The predicted molar refractivity (Wildman–Crippen MR) is 62.6 cm³/mol. The van der Waals surface area contributed by atoms with Crippen LogP contribution in [-0.2, 0) is 14.3 Å². The van der Waals surface area contributed by atoms with Crippen LogP contribution in [-0.4, -0.2) is 37.5 Å². The van der Waals surface area contributed by atoms with Gasteiger partial charge in [-0.25, -0.2) is 4.79 Å². The lowest BCUT2D eigenvalue weighted by atomic mass is 10.1. The number of ether oxygens (including phenoxy) is 2. The number of rotatable bonds is 12. The van der Waals surface area contributed by atoms with Gasteiger partial charge in [0.05, 0.1) is 0 Å². The highest BCUT2D eigenvalue weighted by Crippen LogP contribution is 2.05. The molecule has 0 unspecified atom stereocenters. The Hall–Kier alpha value is -0.610. The summed E-state index contributed by atoms with van der Waals surface area (Å²) >= 11 is 0. The second kappa shape index (κ2) is 12.5. The molecule has 0 aromatic rings. The normalized spacial score (nSPS) is 10.6. The van der Waals surface area contributed by atoms with Crippen molar-refractivity contribution in [2.45, 2.75) is 45.4 Å². The van der Waals surface area contributed by atoms with E-state index in [-0.39, 0.29) is 6.61 Å². The zero-order chi connectivity index (χ0) is 12.1. The molecule has 0 bridgehead atoms. The molecule has 0 heterocycles. The Kier molecular flexibility index (Phi) is 12.0. The fourth-order valence-corrected chi connectivity index (χ4v) is 1.42. The molecule has 0 aromatic carbocycles. The largest absolute Gasteiger partial charge is 0.480 e. The zero-order valence-corrected chi connectivity index (χ0v) is 10.2. The molecule has 0 spiro atoms. The van der Waals surface area contributed by atoms with Crippen molar-refractivity contribution >= 4 is 5.97 Å². The van der Waals surface area contributed by atoms with E-state index in [0.29, 0.717) is 6.61 Å². The molecule has 0 radical (unpaired) electrons. The van der Waals surface area contributed by atoms with Gasteiger partial charge in [-0.05, 0) is 19.8 Å². The molecule has 16 heavy (non-hydrogen) atoms. The average Bonchev–Trinajstić information content (AvgIpc) is 2.25. The van der Waals surface area contributed by atoms with E-state index in [1.165, 1.54) is 19.3 Å². The molecular formula is C12H24O4. The first-order valence-corrected chi connectivity index (χ1v) is 6.14. The third-order valence-corrected chi connectivity index (χ3v) is 2.26. The molecule has 0 aliphatic rings. The number of carboxylic acid groups (broad SMARTS) is 1. The van der Waals surface area contributed by atoms with Crippen LogP contribution in [0.2, 0.25) is 0 Å². The predicted octanol–water partition coefficient (Wildman–Crippen LogP) is 2.46. The van der Waals surface area contributed by atoms with E-state index in [1.54, 1.807) is 0 Å². The third kappa shape index (κ3) is 13.4. The van der Waals surface area contributed by atoms with E-state index >= 15 is 0 Å². The van der Waals surface area contributed by atoms with Gasteiger partial charge in [0, 0.05) is 19.8 Å². The molecule has 0 saturated carbocycles. The Morgan fingerprint density at radius 3 is 1.94 bits per heavy atom. The number of hydrogen-bond donors (Lipinski definition) is 1. The molecule has 4 heteroatoms. The van der Waals surface area contributed by atoms with Crippen molar-refractivity contribution in [1.29, 1.82) is 0 Å². The van der Waals surface area contributed by atoms with Crippen LogP contribution >= 0.6 is 0 Å². The molecule has 0 amide bonds. The van der Waals surface area contributed by atoms with Crippen molar-refractivity contribution in [3.05, 3.63) is 0 Å². The minimum atomic E-state index is -0.893. The van der Waals surface area contributed by atoms with Gasteiger partial charge in [-0.15, -0.1) is 0 Å². The number of carbonyl (C=O) groups is 1. The number of carboxylic acids is 1. The Labute approximate surface area is 97.9 Å². The van der Waals surface area contributed by atoms with Crippen LogP contribution in [0, 0.1) is 0 Å². The van der Waals surface area contributed by atoms with Crippen molar-refractivity contribution < 1.29 is 19.4 Å². The van der Waals surface area contributed by atoms with Crippen LogP contribution in [0.15, 0.2) is 0 Å². The Bertz CT molecular complexity index is 159. The van der Waals surface area contributed by atoms with Crippen molar-refractivity contribution in [2.75, 3.05) is 26.4 Å². The fraction of sp³-hybridized carbons (Fsp3) is 0.917. The second-order valence-electron chi connectivity index (χ2n) is 3.76. The standard InChI is InChI=1S/C12H24O4/c1-2-15-9-7-5-3-4-6-8-10-16-11-12(13)14/h2-11H2,1H3,(H,13,14). The van der Waals surface area contributed by atoms with Crippen molar-refractivity contribution in [3.8, 4) is 0 Å². The maximum absolute atomic E-state index is 10.1. The molecule has 0 aromatic heterocycles. The lowest BCUT2D eigenvalue weighted by Gasteiger charge is -2.03. The highest BCUT2D eigenvalue weighted by Gasteiger charge is 1.96. The summed E-state index contributed by atoms with van der Waals surface area (Å²) in [6, 6.07) is 0. The summed E-state index contributed by atoms with van der Waals surface area (Å²) in [5.74, 6) is -0.893. The van der Waals surface area contributed by atoms with Gasteiger partial charge in [-0.1, -0.05) is 25.7 Å². The van der Waals surface area contributed by atoms with E-state index in [4.69, 9.17) is 14.6 Å². The molecule has 0 fully saturated rings. The number of unbranched alkanes of at least 4 members (excludes halogenated alkanes) is 5. The van der Waals surface area contributed by atoms with Gasteiger partial charge in [0.15, 0.2) is 0 Å². The quantitative estimate of drug-likeness (QED) is 0.525. The van der Waals surface area contributed by atoms with E-state index in [1.807, 2.05) is 6.92 Å². The summed E-state index contributed by atoms with van der Waals surface area (Å²) in [5.41, 5.74) is 0. The summed E-state index contributed by atoms with van der Waals surface area (Å²) in [6.07, 6.45) is 6.86. The zero-order valence-electron chi connectivity index (χ0n) is 10.2. The van der Waals surface area contributed by atoms with Gasteiger partial charge in [-0.3, -0.25) is 0 Å². The van der Waals surface area contributed by atoms with E-state index in [0.717, 1.165) is 32.5 Å². The topological polar surface area (TPSA) is 55.8 Å². The third-order valence-electron chi connectivity index (χ3n) is 2.26. The van der Waals surface area contributed by atoms with E-state index in [2.05, 4.69) is 0 Å². The lowest BCUT2D eigenvalue weighted by molar-refractivity contribution is -0.142. The van der Waals surface area contributed by atoms with Gasteiger partial charge in [0.25, 0.3) is 0 Å². The van der Waals surface area contributed by atoms with Crippen LogP contribution in [0.5, 0.6) is 0 Å². The summed E-state index contributed by atoms with van der Waals surface area (Å²) in [4.78, 5) is 10.1. The van der Waals surface area contributed by atoms with Crippen molar-refractivity contribution in [2.24, 2.45) is 0 Å². The highest BCUT2D eigenvalue weighted by atomic mass is 16.5. The summed E-state index contributed by atoms with van der Waals surface area (Å²) in [5, 5.41) is 8.32. The Balaban J connectivity index is 2.90. The van der Waals surface area contributed by atoms with E-state index < -0.39 is 5.97 Å². The van der Waals surface area contributed by atoms with Gasteiger partial charge in [-0.2, -0.15) is 0 Å². The van der Waals surface area contributed by atoms with Crippen LogP contribution in [0.25, 0.3) is 0 Å². The average molecular weight is 232 g/mol. The van der Waals surface area contributed by atoms with Crippen LogP contribution in [0.1, 0.15) is 45.4 Å². The molecule has 4 nitrogen and oxygen atoms in total. The molecular weight excluding hydrogens is 208 g/mol. The second-order valence-corrected chi connectivity index (χ2v) is 3.76. The minimum Gasteiger partial charge on any atom is -0.480 e. The molecule has 0 atom stereocenters. The minimum absolute atomic E-state index is 0.172. The first-order valence-electron chi connectivity index (χ1n) is 6.14. The van der Waals surface area contributed by atoms with Gasteiger partial charge < -0.3 is 14.6 Å². The first kappa shape index (κ1) is 15.4. The summed E-state index contributed by atoms with van der Waals surface area (Å²) in [6.45, 7) is 4.08. The van der Waals surface area contributed by atoms with Crippen LogP contribution in [0.4, 0.5) is 0 Å². The van der Waals surface area contributed by atoms with Crippen LogP contribution in [0.3, 0.4) is 0 Å². The van der Waals surface area contributed by atoms with Gasteiger partial charge in [0.1, 0.15) is 6.61 Å². The Morgan fingerprint density at radius 1 is 0.938 bits per heavy atom.